The monoisotopic (exact) mass is 255 g/mol. The van der Waals surface area contributed by atoms with Crippen LogP contribution in [0.25, 0.3) is 0 Å². The summed E-state index contributed by atoms with van der Waals surface area (Å²) in [7, 11) is 0. The molecule has 2 heterocycles. The van der Waals surface area contributed by atoms with Crippen molar-refractivity contribution in [1.82, 2.24) is 15.2 Å². The average molecular weight is 255 g/mol. The molecule has 3 N–H and O–H groups in total. The van der Waals surface area contributed by atoms with E-state index in [4.69, 9.17) is 5.73 Å². The molecule has 6 nitrogen and oxygen atoms in total. The number of carbonyl (C=O) groups excluding carboxylic acids is 1. The van der Waals surface area contributed by atoms with Crippen molar-refractivity contribution in [2.75, 3.05) is 11.1 Å². The fourth-order valence-corrected chi connectivity index (χ4v) is 2.50. The van der Waals surface area contributed by atoms with Crippen LogP contribution >= 0.6 is 22.7 Å². The molecule has 2 rings (SSSR count). The van der Waals surface area contributed by atoms with Crippen LogP contribution in [0.15, 0.2) is 0 Å². The molecule has 16 heavy (non-hydrogen) atoms. The van der Waals surface area contributed by atoms with Crippen molar-refractivity contribution >= 4 is 38.8 Å². The van der Waals surface area contributed by atoms with Gasteiger partial charge in [0.2, 0.25) is 10.3 Å². The van der Waals surface area contributed by atoms with E-state index in [2.05, 4.69) is 20.5 Å². The normalized spacial score (nSPS) is 10.4. The minimum Gasteiger partial charge on any atom is -0.374 e. The van der Waals surface area contributed by atoms with Gasteiger partial charge < -0.3 is 5.73 Å². The number of nitrogen functional groups attached to an aromatic ring is 1. The van der Waals surface area contributed by atoms with E-state index in [9.17, 15) is 4.79 Å². The van der Waals surface area contributed by atoms with Crippen LogP contribution in [-0.2, 0) is 0 Å². The zero-order chi connectivity index (χ0) is 11.7. The number of aromatic nitrogens is 3. The molecule has 0 spiro atoms. The molecule has 0 fully saturated rings. The molecular weight excluding hydrogens is 246 g/mol. The molecule has 0 aliphatic heterocycles. The molecule has 8 heteroatoms. The summed E-state index contributed by atoms with van der Waals surface area (Å²) in [5.74, 6) is -0.223. The second-order valence-electron chi connectivity index (χ2n) is 3.05. The number of thiazole rings is 1. The van der Waals surface area contributed by atoms with Gasteiger partial charge in [0.1, 0.15) is 4.88 Å². The van der Waals surface area contributed by atoms with Crippen LogP contribution < -0.4 is 11.1 Å². The summed E-state index contributed by atoms with van der Waals surface area (Å²) in [5, 5.41) is 11.5. The van der Waals surface area contributed by atoms with Gasteiger partial charge in [0.15, 0.2) is 0 Å². The Morgan fingerprint density at radius 3 is 2.56 bits per heavy atom. The maximum absolute atomic E-state index is 11.8. The van der Waals surface area contributed by atoms with Crippen LogP contribution in [-0.4, -0.2) is 21.1 Å². The van der Waals surface area contributed by atoms with Crippen molar-refractivity contribution in [3.8, 4) is 0 Å². The van der Waals surface area contributed by atoms with E-state index in [0.29, 0.717) is 15.1 Å². The Morgan fingerprint density at radius 2 is 2.06 bits per heavy atom. The molecule has 0 saturated carbocycles. The highest BCUT2D eigenvalue weighted by atomic mass is 32.1. The van der Waals surface area contributed by atoms with Gasteiger partial charge in [-0.1, -0.05) is 11.3 Å². The lowest BCUT2D eigenvalue weighted by Gasteiger charge is -1.97. The number of nitrogens with one attached hydrogen (secondary N) is 1. The summed E-state index contributed by atoms with van der Waals surface area (Å²) in [4.78, 5) is 16.6. The molecule has 0 aromatic carbocycles. The van der Waals surface area contributed by atoms with E-state index in [-0.39, 0.29) is 5.91 Å². The minimum atomic E-state index is -0.223. The van der Waals surface area contributed by atoms with Crippen LogP contribution in [0.3, 0.4) is 0 Å². The number of rotatable bonds is 2. The smallest absolute Gasteiger partial charge is 0.269 e. The van der Waals surface area contributed by atoms with Crippen LogP contribution in [0.4, 0.5) is 10.3 Å². The Labute approximate surface area is 99.5 Å². The Kier molecular flexibility index (Phi) is 2.84. The predicted octanol–water partition coefficient (Wildman–Crippen LogP) is 1.45. The Balaban J connectivity index is 2.17. The van der Waals surface area contributed by atoms with Gasteiger partial charge in [0.25, 0.3) is 5.91 Å². The van der Waals surface area contributed by atoms with E-state index in [0.717, 1.165) is 22.0 Å². The van der Waals surface area contributed by atoms with Gasteiger partial charge in [0.05, 0.1) is 10.7 Å². The first-order valence-electron chi connectivity index (χ1n) is 4.40. The van der Waals surface area contributed by atoms with E-state index in [1.165, 1.54) is 11.3 Å². The Hall–Kier alpha value is -1.54. The Bertz CT molecular complexity index is 532. The second-order valence-corrected chi connectivity index (χ2v) is 5.26. The van der Waals surface area contributed by atoms with E-state index in [1.807, 2.05) is 6.92 Å². The number of anilines is 2. The summed E-state index contributed by atoms with van der Waals surface area (Å²) >= 11 is 2.48. The number of hydrogen-bond acceptors (Lipinski definition) is 7. The highest BCUT2D eigenvalue weighted by Crippen LogP contribution is 2.21. The molecule has 0 aliphatic carbocycles. The van der Waals surface area contributed by atoms with Crippen molar-refractivity contribution in [3.63, 3.8) is 0 Å². The molecular formula is C8H9N5OS2. The molecule has 0 atom stereocenters. The van der Waals surface area contributed by atoms with Crippen molar-refractivity contribution < 1.29 is 4.79 Å². The molecule has 0 bridgehead atoms. The number of amides is 1. The zero-order valence-corrected chi connectivity index (χ0v) is 10.3. The first kappa shape index (κ1) is 11.0. The largest absolute Gasteiger partial charge is 0.374 e. The first-order valence-corrected chi connectivity index (χ1v) is 6.04. The lowest BCUT2D eigenvalue weighted by Crippen LogP contribution is -2.11. The van der Waals surface area contributed by atoms with Crippen LogP contribution in [0, 0.1) is 13.8 Å². The van der Waals surface area contributed by atoms with E-state index < -0.39 is 0 Å². The van der Waals surface area contributed by atoms with Gasteiger partial charge in [-0.05, 0) is 13.8 Å². The maximum Gasteiger partial charge on any atom is 0.269 e. The fraction of sp³-hybridized carbons (Fsp3) is 0.250. The number of nitrogens with zero attached hydrogens (tertiary/aromatic N) is 3. The van der Waals surface area contributed by atoms with Gasteiger partial charge in [0, 0.05) is 0 Å². The summed E-state index contributed by atoms with van der Waals surface area (Å²) < 4.78 is 0. The topological polar surface area (TPSA) is 93.8 Å². The molecule has 2 aromatic rings. The van der Waals surface area contributed by atoms with Crippen molar-refractivity contribution in [1.29, 1.82) is 0 Å². The molecule has 0 unspecified atom stereocenters. The molecule has 0 aliphatic rings. The Morgan fingerprint density at radius 1 is 1.31 bits per heavy atom. The predicted molar refractivity (Wildman–Crippen MR) is 63.9 cm³/mol. The third-order valence-corrected chi connectivity index (χ3v) is 3.51. The van der Waals surface area contributed by atoms with Crippen molar-refractivity contribution in [2.24, 2.45) is 0 Å². The lowest BCUT2D eigenvalue weighted by molar-refractivity contribution is 0.102. The van der Waals surface area contributed by atoms with Gasteiger partial charge in [-0.25, -0.2) is 4.98 Å². The van der Waals surface area contributed by atoms with Crippen LogP contribution in [0.5, 0.6) is 0 Å². The van der Waals surface area contributed by atoms with Crippen molar-refractivity contribution in [3.05, 3.63) is 15.6 Å². The van der Waals surface area contributed by atoms with Crippen molar-refractivity contribution in [2.45, 2.75) is 13.8 Å². The third kappa shape index (κ3) is 2.17. The SMILES string of the molecule is Cc1nc(C)c(C(=O)Nc2nnc(N)s2)s1. The minimum absolute atomic E-state index is 0.223. The summed E-state index contributed by atoms with van der Waals surface area (Å²) in [6.45, 7) is 3.66. The van der Waals surface area contributed by atoms with Gasteiger partial charge in [-0.15, -0.1) is 21.5 Å². The maximum atomic E-state index is 11.8. The number of carbonyl (C=O) groups is 1. The van der Waals surface area contributed by atoms with Crippen LogP contribution in [0.1, 0.15) is 20.4 Å². The van der Waals surface area contributed by atoms with Gasteiger partial charge in [-0.2, -0.15) is 0 Å². The average Bonchev–Trinajstić information content (AvgIpc) is 2.73. The van der Waals surface area contributed by atoms with E-state index >= 15 is 0 Å². The van der Waals surface area contributed by atoms with Gasteiger partial charge >= 0.3 is 0 Å². The molecule has 0 radical (unpaired) electrons. The summed E-state index contributed by atoms with van der Waals surface area (Å²) in [5.41, 5.74) is 6.13. The first-order chi connectivity index (χ1) is 7.56. The third-order valence-electron chi connectivity index (χ3n) is 1.77. The molecule has 2 aromatic heterocycles. The summed E-state index contributed by atoms with van der Waals surface area (Å²) in [6, 6.07) is 0. The zero-order valence-electron chi connectivity index (χ0n) is 8.64. The van der Waals surface area contributed by atoms with E-state index in [1.54, 1.807) is 6.92 Å². The van der Waals surface area contributed by atoms with Crippen LogP contribution in [0.2, 0.25) is 0 Å². The second kappa shape index (κ2) is 4.14. The number of hydrogen-bond donors (Lipinski definition) is 2. The molecule has 0 saturated heterocycles. The quantitative estimate of drug-likeness (QED) is 0.847. The summed E-state index contributed by atoms with van der Waals surface area (Å²) in [6.07, 6.45) is 0. The standard InChI is InChI=1S/C8H9N5OS2/c1-3-5(15-4(2)10-3)6(14)11-8-13-12-7(9)16-8/h1-2H3,(H2,9,12)(H,11,13,14). The highest BCUT2D eigenvalue weighted by molar-refractivity contribution is 7.19. The number of aryl methyl sites for hydroxylation is 2. The highest BCUT2D eigenvalue weighted by Gasteiger charge is 2.15. The number of nitrogens with two attached hydrogens (primary N) is 1. The fourth-order valence-electron chi connectivity index (χ4n) is 1.18. The van der Waals surface area contributed by atoms with Gasteiger partial charge in [-0.3, -0.25) is 10.1 Å². The molecule has 1 amide bonds. The molecule has 84 valence electrons. The lowest BCUT2D eigenvalue weighted by atomic mass is 10.4.